The molecule has 0 saturated carbocycles. The maximum atomic E-state index is 4.63. The Kier molecular flexibility index (Phi) is 5.87. The van der Waals surface area contributed by atoms with Gasteiger partial charge in [0.2, 0.25) is 0 Å². The van der Waals surface area contributed by atoms with Gasteiger partial charge >= 0.3 is 0 Å². The largest absolute Gasteiger partial charge is 0.373 e. The van der Waals surface area contributed by atoms with E-state index in [1.54, 1.807) is 0 Å². The first kappa shape index (κ1) is 15.6. The van der Waals surface area contributed by atoms with Gasteiger partial charge in [-0.25, -0.2) is 9.97 Å². The summed E-state index contributed by atoms with van der Waals surface area (Å²) in [6.45, 7) is 4.35. The van der Waals surface area contributed by atoms with Crippen LogP contribution in [0.1, 0.15) is 13.8 Å². The molecule has 2 aromatic rings. The molecule has 4 nitrogen and oxygen atoms in total. The molecule has 112 valence electrons. The van der Waals surface area contributed by atoms with Gasteiger partial charge in [0.25, 0.3) is 0 Å². The van der Waals surface area contributed by atoms with Gasteiger partial charge in [0, 0.05) is 30.5 Å². The van der Waals surface area contributed by atoms with Gasteiger partial charge in [-0.05, 0) is 12.7 Å². The minimum Gasteiger partial charge on any atom is -0.373 e. The number of aromatic nitrogens is 2. The van der Waals surface area contributed by atoms with E-state index in [4.69, 9.17) is 0 Å². The number of hydrogen-bond donors (Lipinski definition) is 2. The van der Waals surface area contributed by atoms with Crippen LogP contribution in [0, 0.1) is 0 Å². The van der Waals surface area contributed by atoms with Crippen LogP contribution >= 0.6 is 11.8 Å². The Morgan fingerprint density at radius 3 is 2.52 bits per heavy atom. The van der Waals surface area contributed by atoms with Gasteiger partial charge in [-0.1, -0.05) is 37.3 Å². The van der Waals surface area contributed by atoms with E-state index in [0.29, 0.717) is 6.04 Å². The zero-order chi connectivity index (χ0) is 15.1. The summed E-state index contributed by atoms with van der Waals surface area (Å²) < 4.78 is 0. The van der Waals surface area contributed by atoms with Gasteiger partial charge < -0.3 is 10.6 Å². The van der Waals surface area contributed by atoms with Crippen LogP contribution < -0.4 is 10.6 Å². The van der Waals surface area contributed by atoms with E-state index in [0.717, 1.165) is 34.5 Å². The monoisotopic (exact) mass is 302 g/mol. The standard InChI is InChI=1S/C16H22N4S/c1-4-21-11-12(2)18-15-10-14(17-3)19-16(20-15)13-8-6-5-7-9-13/h5-10,12H,4,11H2,1-3H3,(H2,17,18,19,20). The lowest BCUT2D eigenvalue weighted by Gasteiger charge is -2.15. The lowest BCUT2D eigenvalue weighted by atomic mass is 10.2. The zero-order valence-electron chi connectivity index (χ0n) is 12.8. The van der Waals surface area contributed by atoms with Crippen molar-refractivity contribution in [3.63, 3.8) is 0 Å². The Bertz CT molecular complexity index is 559. The second kappa shape index (κ2) is 7.88. The smallest absolute Gasteiger partial charge is 0.163 e. The number of thioether (sulfide) groups is 1. The minimum atomic E-state index is 0.373. The molecule has 0 aliphatic rings. The Morgan fingerprint density at radius 1 is 1.14 bits per heavy atom. The lowest BCUT2D eigenvalue weighted by molar-refractivity contribution is 0.900. The number of rotatable bonds is 7. The Morgan fingerprint density at radius 2 is 1.86 bits per heavy atom. The van der Waals surface area contributed by atoms with E-state index in [1.165, 1.54) is 0 Å². The number of benzene rings is 1. The van der Waals surface area contributed by atoms with Gasteiger partial charge in [0.05, 0.1) is 0 Å². The topological polar surface area (TPSA) is 49.8 Å². The van der Waals surface area contributed by atoms with Crippen LogP contribution in [0.2, 0.25) is 0 Å². The molecule has 0 aliphatic carbocycles. The van der Waals surface area contributed by atoms with Crippen LogP contribution in [0.15, 0.2) is 36.4 Å². The molecule has 5 heteroatoms. The third-order valence-electron chi connectivity index (χ3n) is 2.98. The summed E-state index contributed by atoms with van der Waals surface area (Å²) in [6, 6.07) is 12.4. The van der Waals surface area contributed by atoms with Crippen molar-refractivity contribution in [3.8, 4) is 11.4 Å². The van der Waals surface area contributed by atoms with Crippen LogP contribution in [0.3, 0.4) is 0 Å². The fraction of sp³-hybridized carbons (Fsp3) is 0.375. The number of anilines is 2. The Balaban J connectivity index is 2.22. The van der Waals surface area contributed by atoms with Gasteiger partial charge in [-0.15, -0.1) is 0 Å². The van der Waals surface area contributed by atoms with Crippen molar-refractivity contribution in [1.29, 1.82) is 0 Å². The Labute approximate surface area is 130 Å². The van der Waals surface area contributed by atoms with Crippen molar-refractivity contribution in [2.45, 2.75) is 19.9 Å². The summed E-state index contributed by atoms with van der Waals surface area (Å²) in [4.78, 5) is 9.15. The first-order chi connectivity index (χ1) is 10.2. The molecule has 0 aliphatic heterocycles. The molecule has 0 saturated heterocycles. The maximum absolute atomic E-state index is 4.63. The van der Waals surface area contributed by atoms with E-state index >= 15 is 0 Å². The second-order valence-electron chi connectivity index (χ2n) is 4.78. The highest BCUT2D eigenvalue weighted by Crippen LogP contribution is 2.20. The lowest BCUT2D eigenvalue weighted by Crippen LogP contribution is -2.19. The molecule has 0 radical (unpaired) electrons. The summed E-state index contributed by atoms with van der Waals surface area (Å²) in [5.74, 6) is 4.61. The summed E-state index contributed by atoms with van der Waals surface area (Å²) in [5, 5.41) is 6.55. The predicted molar refractivity (Wildman–Crippen MR) is 93.1 cm³/mol. The van der Waals surface area contributed by atoms with Crippen molar-refractivity contribution >= 4 is 23.4 Å². The van der Waals surface area contributed by atoms with Crippen LogP contribution in [0.4, 0.5) is 11.6 Å². The van der Waals surface area contributed by atoms with Crippen molar-refractivity contribution in [2.75, 3.05) is 29.2 Å². The first-order valence-corrected chi connectivity index (χ1v) is 8.35. The predicted octanol–water partition coefficient (Wildman–Crippen LogP) is 3.74. The molecular weight excluding hydrogens is 280 g/mol. The fourth-order valence-electron chi connectivity index (χ4n) is 1.95. The quantitative estimate of drug-likeness (QED) is 0.816. The highest BCUT2D eigenvalue weighted by atomic mass is 32.2. The molecule has 21 heavy (non-hydrogen) atoms. The molecular formula is C16H22N4S. The SMILES string of the molecule is CCSCC(C)Nc1cc(NC)nc(-c2ccccc2)n1. The summed E-state index contributed by atoms with van der Waals surface area (Å²) >= 11 is 1.92. The van der Waals surface area contributed by atoms with Gasteiger partial charge in [-0.3, -0.25) is 0 Å². The number of nitrogens with zero attached hydrogens (tertiary/aromatic N) is 2. The molecule has 0 amide bonds. The van der Waals surface area contributed by atoms with Crippen molar-refractivity contribution < 1.29 is 0 Å². The van der Waals surface area contributed by atoms with Gasteiger partial charge in [0.15, 0.2) is 5.82 Å². The normalized spacial score (nSPS) is 12.0. The first-order valence-electron chi connectivity index (χ1n) is 7.19. The van der Waals surface area contributed by atoms with E-state index in [-0.39, 0.29) is 0 Å². The Hall–Kier alpha value is -1.75. The highest BCUT2D eigenvalue weighted by Gasteiger charge is 2.08. The van der Waals surface area contributed by atoms with Crippen LogP contribution in [0.25, 0.3) is 11.4 Å². The third-order valence-corrected chi connectivity index (χ3v) is 4.12. The average Bonchev–Trinajstić information content (AvgIpc) is 2.53. The van der Waals surface area contributed by atoms with E-state index in [2.05, 4.69) is 34.4 Å². The zero-order valence-corrected chi connectivity index (χ0v) is 13.6. The summed E-state index contributed by atoms with van der Waals surface area (Å²) in [7, 11) is 1.87. The molecule has 1 atom stereocenters. The molecule has 1 heterocycles. The fourth-order valence-corrected chi connectivity index (χ4v) is 2.63. The summed E-state index contributed by atoms with van der Waals surface area (Å²) in [5.41, 5.74) is 1.02. The number of nitrogens with one attached hydrogen (secondary N) is 2. The van der Waals surface area contributed by atoms with E-state index < -0.39 is 0 Å². The van der Waals surface area contributed by atoms with Crippen molar-refractivity contribution in [2.24, 2.45) is 0 Å². The molecule has 1 aromatic heterocycles. The molecule has 0 spiro atoms. The van der Waals surface area contributed by atoms with Crippen LogP contribution in [-0.2, 0) is 0 Å². The van der Waals surface area contributed by atoms with Crippen LogP contribution in [-0.4, -0.2) is 34.6 Å². The molecule has 0 bridgehead atoms. The van der Waals surface area contributed by atoms with Crippen molar-refractivity contribution in [3.05, 3.63) is 36.4 Å². The van der Waals surface area contributed by atoms with E-state index in [9.17, 15) is 0 Å². The minimum absolute atomic E-state index is 0.373. The molecule has 2 N–H and O–H groups in total. The number of hydrogen-bond acceptors (Lipinski definition) is 5. The van der Waals surface area contributed by atoms with Gasteiger partial charge in [0.1, 0.15) is 11.6 Å². The summed E-state index contributed by atoms with van der Waals surface area (Å²) in [6.07, 6.45) is 0. The van der Waals surface area contributed by atoms with Gasteiger partial charge in [-0.2, -0.15) is 11.8 Å². The van der Waals surface area contributed by atoms with Crippen molar-refractivity contribution in [1.82, 2.24) is 9.97 Å². The molecule has 0 fully saturated rings. The third kappa shape index (κ3) is 4.63. The highest BCUT2D eigenvalue weighted by molar-refractivity contribution is 7.99. The molecule has 1 aromatic carbocycles. The maximum Gasteiger partial charge on any atom is 0.163 e. The van der Waals surface area contributed by atoms with E-state index in [1.807, 2.05) is 55.2 Å². The molecule has 1 unspecified atom stereocenters. The van der Waals surface area contributed by atoms with Crippen LogP contribution in [0.5, 0.6) is 0 Å². The molecule has 2 rings (SSSR count). The average molecular weight is 302 g/mol. The second-order valence-corrected chi connectivity index (χ2v) is 6.10.